The Balaban J connectivity index is 1.63. The van der Waals surface area contributed by atoms with Crippen molar-refractivity contribution >= 4 is 6.09 Å². The summed E-state index contributed by atoms with van der Waals surface area (Å²) in [6.07, 6.45) is 6.26. The molecule has 0 unspecified atom stereocenters. The second-order valence-electron chi connectivity index (χ2n) is 8.25. The summed E-state index contributed by atoms with van der Waals surface area (Å²) in [7, 11) is 0. The first-order valence-electron chi connectivity index (χ1n) is 9.63. The van der Waals surface area contributed by atoms with Crippen LogP contribution in [0.15, 0.2) is 24.5 Å². The highest BCUT2D eigenvalue weighted by Crippen LogP contribution is 2.37. The van der Waals surface area contributed by atoms with Crippen molar-refractivity contribution in [2.24, 2.45) is 0 Å². The predicted molar refractivity (Wildman–Crippen MR) is 100.0 cm³/mol. The van der Waals surface area contributed by atoms with Crippen LogP contribution in [0.3, 0.4) is 0 Å². The Hall–Kier alpha value is -1.66. The van der Waals surface area contributed by atoms with Crippen LogP contribution in [0.4, 0.5) is 4.79 Å². The van der Waals surface area contributed by atoms with Gasteiger partial charge in [-0.2, -0.15) is 0 Å². The van der Waals surface area contributed by atoms with Gasteiger partial charge in [-0.1, -0.05) is 6.07 Å². The van der Waals surface area contributed by atoms with Crippen LogP contribution in [0.5, 0.6) is 0 Å². The number of hydrogen-bond acceptors (Lipinski definition) is 5. The van der Waals surface area contributed by atoms with Crippen LogP contribution in [0.1, 0.15) is 45.6 Å². The largest absolute Gasteiger partial charge is 0.444 e. The molecular formula is C20H31N3O3. The van der Waals surface area contributed by atoms with Crippen molar-refractivity contribution in [3.63, 3.8) is 0 Å². The molecular weight excluding hydrogens is 330 g/mol. The minimum absolute atomic E-state index is 0.238. The molecule has 0 aliphatic carbocycles. The monoisotopic (exact) mass is 361 g/mol. The van der Waals surface area contributed by atoms with Crippen LogP contribution in [0.2, 0.25) is 0 Å². The van der Waals surface area contributed by atoms with E-state index < -0.39 is 5.60 Å². The number of rotatable bonds is 5. The zero-order valence-electron chi connectivity index (χ0n) is 16.2. The fraction of sp³-hybridized carbons (Fsp3) is 0.700. The fourth-order valence-electron chi connectivity index (χ4n) is 3.50. The number of piperidine rings is 1. The number of carbonyl (C=O) groups excluding carboxylic acids is 1. The normalized spacial score (nSPS) is 20.5. The number of aromatic nitrogens is 1. The van der Waals surface area contributed by atoms with Crippen LogP contribution >= 0.6 is 0 Å². The molecule has 0 spiro atoms. The van der Waals surface area contributed by atoms with Gasteiger partial charge in [0.1, 0.15) is 5.60 Å². The Bertz CT molecular complexity index is 588. The van der Waals surface area contributed by atoms with Crippen LogP contribution in [0, 0.1) is 0 Å². The van der Waals surface area contributed by atoms with E-state index in [-0.39, 0.29) is 11.7 Å². The van der Waals surface area contributed by atoms with Gasteiger partial charge in [0, 0.05) is 37.6 Å². The van der Waals surface area contributed by atoms with Gasteiger partial charge in [0.2, 0.25) is 0 Å². The van der Waals surface area contributed by atoms with E-state index in [1.807, 2.05) is 33.0 Å². The van der Waals surface area contributed by atoms with Crippen molar-refractivity contribution < 1.29 is 14.3 Å². The van der Waals surface area contributed by atoms with Crippen molar-refractivity contribution in [3.05, 3.63) is 30.1 Å². The van der Waals surface area contributed by atoms with Gasteiger partial charge in [0.15, 0.2) is 0 Å². The SMILES string of the molecule is CC(C)(C)OC(=O)N1CCC(OCCN2CCC2)(c2cccnc2)CC1. The molecule has 144 valence electrons. The maximum Gasteiger partial charge on any atom is 0.410 e. The highest BCUT2D eigenvalue weighted by molar-refractivity contribution is 5.68. The Labute approximate surface area is 156 Å². The molecule has 2 saturated heterocycles. The summed E-state index contributed by atoms with van der Waals surface area (Å²) in [4.78, 5) is 20.8. The fourth-order valence-corrected chi connectivity index (χ4v) is 3.50. The Kier molecular flexibility index (Phi) is 5.82. The maximum atomic E-state index is 12.4. The maximum absolute atomic E-state index is 12.4. The number of carbonyl (C=O) groups is 1. The first-order valence-corrected chi connectivity index (χ1v) is 9.63. The molecule has 2 aliphatic rings. The lowest BCUT2D eigenvalue weighted by Gasteiger charge is -2.42. The van der Waals surface area contributed by atoms with E-state index in [0.717, 1.165) is 24.9 Å². The van der Waals surface area contributed by atoms with E-state index in [1.54, 1.807) is 11.1 Å². The number of likely N-dealkylation sites (tertiary alicyclic amines) is 2. The number of hydrogen-bond donors (Lipinski definition) is 0. The lowest BCUT2D eigenvalue weighted by Crippen LogP contribution is -2.49. The molecule has 1 aromatic heterocycles. The van der Waals surface area contributed by atoms with E-state index >= 15 is 0 Å². The number of nitrogens with zero attached hydrogens (tertiary/aromatic N) is 3. The van der Waals surface area contributed by atoms with E-state index in [0.29, 0.717) is 19.7 Å². The van der Waals surface area contributed by atoms with Gasteiger partial charge in [-0.25, -0.2) is 4.79 Å². The molecule has 3 heterocycles. The van der Waals surface area contributed by atoms with E-state index in [9.17, 15) is 4.79 Å². The predicted octanol–water partition coefficient (Wildman–Crippen LogP) is 3.03. The average Bonchev–Trinajstić information content (AvgIpc) is 2.57. The van der Waals surface area contributed by atoms with Gasteiger partial charge in [-0.15, -0.1) is 0 Å². The third kappa shape index (κ3) is 4.74. The summed E-state index contributed by atoms with van der Waals surface area (Å²) < 4.78 is 11.9. The highest BCUT2D eigenvalue weighted by atomic mass is 16.6. The summed E-state index contributed by atoms with van der Waals surface area (Å²) in [6, 6.07) is 4.04. The van der Waals surface area contributed by atoms with E-state index in [1.165, 1.54) is 19.5 Å². The topological polar surface area (TPSA) is 54.9 Å². The van der Waals surface area contributed by atoms with Crippen LogP contribution in [-0.2, 0) is 15.1 Å². The second kappa shape index (κ2) is 7.92. The van der Waals surface area contributed by atoms with Gasteiger partial charge >= 0.3 is 6.09 Å². The van der Waals surface area contributed by atoms with Crippen molar-refractivity contribution in [2.75, 3.05) is 39.3 Å². The smallest absolute Gasteiger partial charge is 0.410 e. The molecule has 0 atom stereocenters. The van der Waals surface area contributed by atoms with Gasteiger partial charge in [-0.05, 0) is 59.2 Å². The molecule has 2 fully saturated rings. The average molecular weight is 361 g/mol. The molecule has 1 aromatic rings. The lowest BCUT2D eigenvalue weighted by molar-refractivity contribution is -0.0969. The zero-order chi connectivity index (χ0) is 18.6. The van der Waals surface area contributed by atoms with Crippen LogP contribution < -0.4 is 0 Å². The van der Waals surface area contributed by atoms with Crippen LogP contribution in [-0.4, -0.2) is 65.8 Å². The molecule has 0 bridgehead atoms. The van der Waals surface area contributed by atoms with E-state index in [2.05, 4.69) is 16.0 Å². The van der Waals surface area contributed by atoms with Gasteiger partial charge in [0.25, 0.3) is 0 Å². The number of pyridine rings is 1. The second-order valence-corrected chi connectivity index (χ2v) is 8.25. The zero-order valence-corrected chi connectivity index (χ0v) is 16.2. The van der Waals surface area contributed by atoms with Crippen molar-refractivity contribution in [3.8, 4) is 0 Å². The van der Waals surface area contributed by atoms with E-state index in [4.69, 9.17) is 9.47 Å². The van der Waals surface area contributed by atoms with Crippen molar-refractivity contribution in [1.29, 1.82) is 0 Å². The standard InChI is InChI=1S/C20H31N3O3/c1-19(2,3)26-18(24)23-12-7-20(8-13-23,17-6-4-9-21-16-17)25-15-14-22-10-5-11-22/h4,6,9,16H,5,7-8,10-15H2,1-3H3. The molecule has 3 rings (SSSR count). The first kappa shape index (κ1) is 19.1. The number of ether oxygens (including phenoxy) is 2. The van der Waals surface area contributed by atoms with Gasteiger partial charge in [-0.3, -0.25) is 4.98 Å². The molecule has 0 N–H and O–H groups in total. The summed E-state index contributed by atoms with van der Waals surface area (Å²) in [5.74, 6) is 0. The first-order chi connectivity index (χ1) is 12.4. The molecule has 6 nitrogen and oxygen atoms in total. The summed E-state index contributed by atoms with van der Waals surface area (Å²) in [5, 5.41) is 0. The molecule has 2 aliphatic heterocycles. The molecule has 0 radical (unpaired) electrons. The minimum atomic E-state index is -0.470. The quantitative estimate of drug-likeness (QED) is 0.807. The van der Waals surface area contributed by atoms with Crippen LogP contribution in [0.25, 0.3) is 0 Å². The summed E-state index contributed by atoms with van der Waals surface area (Å²) >= 11 is 0. The number of amides is 1. The minimum Gasteiger partial charge on any atom is -0.444 e. The summed E-state index contributed by atoms with van der Waals surface area (Å²) in [6.45, 7) is 11.0. The van der Waals surface area contributed by atoms with Gasteiger partial charge < -0.3 is 19.3 Å². The third-order valence-electron chi connectivity index (χ3n) is 5.15. The van der Waals surface area contributed by atoms with Crippen molar-refractivity contribution in [1.82, 2.24) is 14.8 Å². The lowest BCUT2D eigenvalue weighted by atomic mass is 9.85. The molecule has 26 heavy (non-hydrogen) atoms. The van der Waals surface area contributed by atoms with Crippen molar-refractivity contribution in [2.45, 2.75) is 51.2 Å². The molecule has 6 heteroatoms. The summed E-state index contributed by atoms with van der Waals surface area (Å²) in [5.41, 5.74) is 0.271. The molecule has 1 amide bonds. The van der Waals surface area contributed by atoms with Gasteiger partial charge in [0.05, 0.1) is 12.2 Å². The molecule has 0 saturated carbocycles. The Morgan fingerprint density at radius 3 is 2.50 bits per heavy atom. The third-order valence-corrected chi connectivity index (χ3v) is 5.15. The molecule has 0 aromatic carbocycles. The Morgan fingerprint density at radius 2 is 1.96 bits per heavy atom. The Morgan fingerprint density at radius 1 is 1.23 bits per heavy atom. The highest BCUT2D eigenvalue weighted by Gasteiger charge is 2.39.